The summed E-state index contributed by atoms with van der Waals surface area (Å²) >= 11 is 0. The lowest BCUT2D eigenvalue weighted by molar-refractivity contribution is 0.148. The van der Waals surface area contributed by atoms with Crippen molar-refractivity contribution in [1.29, 1.82) is 0 Å². The van der Waals surface area contributed by atoms with Crippen LogP contribution in [0.3, 0.4) is 0 Å². The highest BCUT2D eigenvalue weighted by atomic mass is 15.2. The van der Waals surface area contributed by atoms with Crippen LogP contribution in [0.1, 0.15) is 18.4 Å². The Hall–Kier alpha value is -1.91. The summed E-state index contributed by atoms with van der Waals surface area (Å²) in [6, 6.07) is 13.3. The van der Waals surface area contributed by atoms with Crippen molar-refractivity contribution < 1.29 is 0 Å². The van der Waals surface area contributed by atoms with Gasteiger partial charge in [0.15, 0.2) is 0 Å². The molecule has 0 aliphatic carbocycles. The zero-order valence-electron chi connectivity index (χ0n) is 15.2. The quantitative estimate of drug-likeness (QED) is 0.856. The number of rotatable bonds is 4. The van der Waals surface area contributed by atoms with Gasteiger partial charge in [-0.1, -0.05) is 18.2 Å². The number of hydrogen-bond donors (Lipinski definition) is 0. The second-order valence-electron chi connectivity index (χ2n) is 7.37. The molecule has 4 heteroatoms. The fourth-order valence-corrected chi connectivity index (χ4v) is 3.77. The van der Waals surface area contributed by atoms with E-state index in [0.29, 0.717) is 0 Å². The predicted molar refractivity (Wildman–Crippen MR) is 104 cm³/mol. The zero-order chi connectivity index (χ0) is 17.1. The maximum atomic E-state index is 4.71. The van der Waals surface area contributed by atoms with Gasteiger partial charge in [0.05, 0.1) is 5.69 Å². The van der Waals surface area contributed by atoms with Gasteiger partial charge in [-0.2, -0.15) is 0 Å². The SMILES string of the molecule is CN1CCN(Cc2ccc(-c3ccc(N4CCCC4)cc3)nc2)CC1. The van der Waals surface area contributed by atoms with Crippen LogP contribution in [0.25, 0.3) is 11.3 Å². The highest BCUT2D eigenvalue weighted by Crippen LogP contribution is 2.24. The molecule has 0 amide bonds. The highest BCUT2D eigenvalue weighted by Gasteiger charge is 2.14. The van der Waals surface area contributed by atoms with E-state index in [1.165, 1.54) is 42.7 Å². The Balaban J connectivity index is 1.39. The van der Waals surface area contributed by atoms with Gasteiger partial charge in [-0.15, -0.1) is 0 Å². The first-order chi connectivity index (χ1) is 12.3. The predicted octanol–water partition coefficient (Wildman–Crippen LogP) is 3.10. The van der Waals surface area contributed by atoms with Gasteiger partial charge < -0.3 is 9.80 Å². The van der Waals surface area contributed by atoms with Crippen molar-refractivity contribution in [3.05, 3.63) is 48.2 Å². The topological polar surface area (TPSA) is 22.6 Å². The molecule has 0 bridgehead atoms. The summed E-state index contributed by atoms with van der Waals surface area (Å²) in [6.45, 7) is 8.02. The number of piperazine rings is 1. The normalized spacial score (nSPS) is 19.5. The monoisotopic (exact) mass is 336 g/mol. The number of pyridine rings is 1. The molecule has 2 aliphatic rings. The van der Waals surface area contributed by atoms with E-state index in [1.807, 2.05) is 6.20 Å². The molecule has 4 nitrogen and oxygen atoms in total. The van der Waals surface area contributed by atoms with Crippen LogP contribution in [0, 0.1) is 0 Å². The molecular weight excluding hydrogens is 308 g/mol. The number of aromatic nitrogens is 1. The molecule has 0 unspecified atom stereocenters. The third-order valence-corrected chi connectivity index (χ3v) is 5.46. The van der Waals surface area contributed by atoms with Crippen molar-refractivity contribution in [2.75, 3.05) is 51.2 Å². The molecule has 0 saturated carbocycles. The number of benzene rings is 1. The van der Waals surface area contributed by atoms with Crippen LogP contribution in [-0.2, 0) is 6.54 Å². The molecule has 4 rings (SSSR count). The molecule has 0 spiro atoms. The molecular formula is C21H28N4. The van der Waals surface area contributed by atoms with E-state index in [4.69, 9.17) is 4.98 Å². The third-order valence-electron chi connectivity index (χ3n) is 5.46. The van der Waals surface area contributed by atoms with Crippen molar-refractivity contribution in [2.24, 2.45) is 0 Å². The van der Waals surface area contributed by atoms with Crippen LogP contribution in [0.5, 0.6) is 0 Å². The molecule has 2 saturated heterocycles. The lowest BCUT2D eigenvalue weighted by Crippen LogP contribution is -2.43. The van der Waals surface area contributed by atoms with Gasteiger partial charge in [0.2, 0.25) is 0 Å². The summed E-state index contributed by atoms with van der Waals surface area (Å²) in [5.41, 5.74) is 4.92. The minimum absolute atomic E-state index is 1.01. The van der Waals surface area contributed by atoms with Gasteiger partial charge in [-0.25, -0.2) is 0 Å². The molecule has 25 heavy (non-hydrogen) atoms. The molecule has 2 aliphatic heterocycles. The van der Waals surface area contributed by atoms with Gasteiger partial charge in [0, 0.05) is 63.3 Å². The number of anilines is 1. The molecule has 0 N–H and O–H groups in total. The molecule has 1 aromatic heterocycles. The van der Waals surface area contributed by atoms with E-state index in [2.05, 4.69) is 58.1 Å². The second kappa shape index (κ2) is 7.54. The lowest BCUT2D eigenvalue weighted by atomic mass is 10.1. The van der Waals surface area contributed by atoms with Crippen LogP contribution in [0.2, 0.25) is 0 Å². The van der Waals surface area contributed by atoms with Crippen molar-refractivity contribution in [3.8, 4) is 11.3 Å². The van der Waals surface area contributed by atoms with Crippen LogP contribution < -0.4 is 4.90 Å². The van der Waals surface area contributed by atoms with Crippen molar-refractivity contribution in [2.45, 2.75) is 19.4 Å². The van der Waals surface area contributed by atoms with Crippen molar-refractivity contribution in [1.82, 2.24) is 14.8 Å². The smallest absolute Gasteiger partial charge is 0.0702 e. The van der Waals surface area contributed by atoms with Crippen LogP contribution in [0.4, 0.5) is 5.69 Å². The second-order valence-corrected chi connectivity index (χ2v) is 7.37. The first kappa shape index (κ1) is 16.6. The van der Waals surface area contributed by atoms with Gasteiger partial charge in [-0.3, -0.25) is 9.88 Å². The van der Waals surface area contributed by atoms with E-state index >= 15 is 0 Å². The Morgan fingerprint density at radius 3 is 2.20 bits per heavy atom. The summed E-state index contributed by atoms with van der Waals surface area (Å²) < 4.78 is 0. The van der Waals surface area contributed by atoms with Gasteiger partial charge in [-0.05, 0) is 43.7 Å². The van der Waals surface area contributed by atoms with E-state index in [0.717, 1.165) is 38.4 Å². The average Bonchev–Trinajstić information content (AvgIpc) is 3.19. The molecule has 0 radical (unpaired) electrons. The minimum Gasteiger partial charge on any atom is -0.372 e. The molecule has 1 aromatic carbocycles. The standard InChI is InChI=1S/C21H28N4/c1-23-12-14-24(15-13-23)17-18-4-9-21(22-16-18)19-5-7-20(8-6-19)25-10-2-3-11-25/h4-9,16H,2-3,10-15,17H2,1H3. The number of hydrogen-bond acceptors (Lipinski definition) is 4. The Morgan fingerprint density at radius 2 is 1.56 bits per heavy atom. The fraction of sp³-hybridized carbons (Fsp3) is 0.476. The molecule has 0 atom stereocenters. The lowest BCUT2D eigenvalue weighted by Gasteiger charge is -2.32. The maximum Gasteiger partial charge on any atom is 0.0702 e. The summed E-state index contributed by atoms with van der Waals surface area (Å²) in [4.78, 5) is 12.1. The van der Waals surface area contributed by atoms with Crippen LogP contribution >= 0.6 is 0 Å². The van der Waals surface area contributed by atoms with Gasteiger partial charge >= 0.3 is 0 Å². The Morgan fingerprint density at radius 1 is 0.840 bits per heavy atom. The van der Waals surface area contributed by atoms with Crippen LogP contribution in [0.15, 0.2) is 42.6 Å². The minimum atomic E-state index is 1.01. The number of likely N-dealkylation sites (N-methyl/N-ethyl adjacent to an activating group) is 1. The third kappa shape index (κ3) is 4.02. The average molecular weight is 336 g/mol. The van der Waals surface area contributed by atoms with Gasteiger partial charge in [0.25, 0.3) is 0 Å². The van der Waals surface area contributed by atoms with Crippen molar-refractivity contribution in [3.63, 3.8) is 0 Å². The highest BCUT2D eigenvalue weighted by molar-refractivity contribution is 5.63. The first-order valence-corrected chi connectivity index (χ1v) is 9.49. The maximum absolute atomic E-state index is 4.71. The van der Waals surface area contributed by atoms with Crippen LogP contribution in [-0.4, -0.2) is 61.1 Å². The van der Waals surface area contributed by atoms with E-state index < -0.39 is 0 Å². The van der Waals surface area contributed by atoms with E-state index in [-0.39, 0.29) is 0 Å². The van der Waals surface area contributed by atoms with Crippen molar-refractivity contribution >= 4 is 5.69 Å². The Kier molecular flexibility index (Phi) is 4.99. The largest absolute Gasteiger partial charge is 0.372 e. The molecule has 2 fully saturated rings. The first-order valence-electron chi connectivity index (χ1n) is 9.49. The van der Waals surface area contributed by atoms with Gasteiger partial charge in [0.1, 0.15) is 0 Å². The molecule has 3 heterocycles. The molecule has 2 aromatic rings. The summed E-state index contributed by atoms with van der Waals surface area (Å²) in [6.07, 6.45) is 4.68. The van der Waals surface area contributed by atoms with E-state index in [1.54, 1.807) is 0 Å². The van der Waals surface area contributed by atoms with E-state index in [9.17, 15) is 0 Å². The summed E-state index contributed by atoms with van der Waals surface area (Å²) in [7, 11) is 2.20. The Labute approximate surface area is 151 Å². The zero-order valence-corrected chi connectivity index (χ0v) is 15.2. The summed E-state index contributed by atoms with van der Waals surface area (Å²) in [5, 5.41) is 0. The summed E-state index contributed by atoms with van der Waals surface area (Å²) in [5.74, 6) is 0. The molecule has 132 valence electrons. The fourth-order valence-electron chi connectivity index (χ4n) is 3.77. The number of nitrogens with zero attached hydrogens (tertiary/aromatic N) is 4. The Bertz CT molecular complexity index is 666.